The summed E-state index contributed by atoms with van der Waals surface area (Å²) in [4.78, 5) is 0. The van der Waals surface area contributed by atoms with E-state index >= 15 is 0 Å². The van der Waals surface area contributed by atoms with Crippen molar-refractivity contribution in [3.8, 4) is 0 Å². The number of hydrogen-bond donors (Lipinski definition) is 0. The minimum absolute atomic E-state index is 0. The van der Waals surface area contributed by atoms with Crippen LogP contribution >= 0.6 is 0 Å². The molecule has 0 aliphatic carbocycles. The van der Waals surface area contributed by atoms with Crippen molar-refractivity contribution >= 4 is 97.5 Å². The first-order valence-electron chi connectivity index (χ1n) is 10.0. The van der Waals surface area contributed by atoms with Crippen molar-refractivity contribution in [1.29, 1.82) is 0 Å². The van der Waals surface area contributed by atoms with E-state index in [9.17, 15) is 0 Å². The number of hydrogen-bond acceptors (Lipinski definition) is 0. The Balaban J connectivity index is -0.0000000228. The molecule has 0 N–H and O–H groups in total. The average Bonchev–Trinajstić information content (AvgIpc) is 2.22. The molecule has 0 saturated carbocycles. The van der Waals surface area contributed by atoms with Gasteiger partial charge in [-0.2, -0.15) is 0 Å². The molecule has 0 fully saturated rings. The van der Waals surface area contributed by atoms with E-state index < -0.39 is 0 Å². The van der Waals surface area contributed by atoms with E-state index in [1.54, 1.807) is 0 Å². The molecule has 0 heterocycles. The van der Waals surface area contributed by atoms with Gasteiger partial charge >= 0.3 is 0 Å². The Bertz CT molecular complexity index is 119. The van der Waals surface area contributed by atoms with Crippen LogP contribution in [-0.2, 0) is 0 Å². The van der Waals surface area contributed by atoms with Crippen molar-refractivity contribution in [3.63, 3.8) is 0 Å². The average molecular weight is 643 g/mol. The van der Waals surface area contributed by atoms with Gasteiger partial charge in [-0.25, -0.2) is 0 Å². The van der Waals surface area contributed by atoms with Crippen LogP contribution in [0.5, 0.6) is 0 Å². The summed E-state index contributed by atoms with van der Waals surface area (Å²) in [5, 5.41) is 0. The van der Waals surface area contributed by atoms with Crippen LogP contribution < -0.4 is 0 Å². The summed E-state index contributed by atoms with van der Waals surface area (Å²) >= 11 is 0. The third-order valence-corrected chi connectivity index (χ3v) is 0. The normalized spacial score (nSPS) is 8.07. The molecule has 0 rings (SSSR count). The summed E-state index contributed by atoms with van der Waals surface area (Å²) in [6, 6.07) is 0. The van der Waals surface area contributed by atoms with Crippen molar-refractivity contribution in [2.75, 3.05) is 0 Å². The maximum absolute atomic E-state index is 2.27. The smallest absolute Gasteiger partial charge is 0.0379 e. The molecule has 0 atom stereocenters. The first-order valence-corrected chi connectivity index (χ1v) is 30.0. The van der Waals surface area contributed by atoms with Crippen molar-refractivity contribution in [1.82, 2.24) is 0 Å². The number of rotatable bonds is 0. The second kappa shape index (κ2) is 57.5. The summed E-state index contributed by atoms with van der Waals surface area (Å²) in [5.74, 6) is 0. The Kier molecular flexibility index (Phi) is 115. The van der Waals surface area contributed by atoms with Gasteiger partial charge in [0.25, 0.3) is 0 Å². The van der Waals surface area contributed by atoms with Crippen molar-refractivity contribution < 1.29 is 0 Å². The Morgan fingerprint density at radius 3 is 0.276 bits per heavy atom. The minimum atomic E-state index is 0. The molecule has 16 radical (unpaired) electrons. The largest absolute Gasteiger partial charge is 0.0735 e. The zero-order valence-corrected chi connectivity index (χ0v) is 35.7. The van der Waals surface area contributed by atoms with Crippen LogP contribution in [0.15, 0.2) is 0 Å². The van der Waals surface area contributed by atoms with Gasteiger partial charge in [0.15, 0.2) is 0 Å². The van der Waals surface area contributed by atoms with Gasteiger partial charge in [0.05, 0.1) is 0 Å². The summed E-state index contributed by atoms with van der Waals surface area (Å²) in [6.45, 7) is 45.1. The molecule has 0 aliphatic heterocycles. The van der Waals surface area contributed by atoms with E-state index in [2.05, 4.69) is 131 Å². The summed E-state index contributed by atoms with van der Waals surface area (Å²) in [5.41, 5.74) is 0. The Morgan fingerprint density at radius 2 is 0.276 bits per heavy atom. The molecule has 0 saturated heterocycles. The van der Waals surface area contributed by atoms with Gasteiger partial charge in [0.2, 0.25) is 0 Å². The third kappa shape index (κ3) is 3690. The zero-order chi connectivity index (χ0) is 24.2. The van der Waals surface area contributed by atoms with E-state index in [0.717, 1.165) is 9.52 Å². The van der Waals surface area contributed by atoms with E-state index in [4.69, 9.17) is 0 Å². The molecule has 0 nitrogen and oxygen atoms in total. The second-order valence-corrected chi connectivity index (χ2v) is 28.5. The van der Waals surface area contributed by atoms with Crippen LogP contribution in [0.3, 0.4) is 0 Å². The van der Waals surface area contributed by atoms with Gasteiger partial charge in [-0.15, -0.1) is 0 Å². The Labute approximate surface area is 226 Å². The third-order valence-electron chi connectivity index (χ3n) is 0. The molecule has 0 aromatic rings. The van der Waals surface area contributed by atoms with E-state index in [-0.39, 0.29) is 88.0 Å². The zero-order valence-electron chi connectivity index (χ0n) is 24.5. The second-order valence-electron chi connectivity index (χ2n) is 9.50. The molecule has 0 aromatic heterocycles. The van der Waals surface area contributed by atoms with Crippen LogP contribution in [0.25, 0.3) is 0 Å². The molecule has 0 unspecified atom stereocenters. The van der Waals surface area contributed by atoms with Crippen LogP contribution in [0.4, 0.5) is 0 Å². The monoisotopic (exact) mass is 644 g/mol. The molecular weight excluding hydrogens is 582 g/mol. The van der Waals surface area contributed by atoms with Gasteiger partial charge in [-0.1, -0.05) is 131 Å². The van der Waals surface area contributed by atoms with Crippen molar-refractivity contribution in [3.05, 3.63) is 0 Å². The van der Waals surface area contributed by atoms with Gasteiger partial charge in [0, 0.05) is 97.5 Å². The predicted octanol–water partition coefficient (Wildman–Crippen LogP) is 8.25. The van der Waals surface area contributed by atoms with Gasteiger partial charge in [-0.3, -0.25) is 0 Å². The fourth-order valence-electron chi connectivity index (χ4n) is 0. The Morgan fingerprint density at radius 1 is 0.276 bits per heavy atom. The molecule has 0 amide bonds. The van der Waals surface area contributed by atoms with E-state index in [0.29, 0.717) is 0 Å². The van der Waals surface area contributed by atoms with E-state index in [1.165, 1.54) is 0 Å². The van der Waals surface area contributed by atoms with Crippen molar-refractivity contribution in [2.24, 2.45) is 0 Å². The van der Waals surface area contributed by atoms with Gasteiger partial charge in [0.1, 0.15) is 0 Å². The molecule has 0 aromatic carbocycles. The Hall–Kier alpha value is 2.60. The molecule has 0 spiro atoms. The minimum Gasteiger partial charge on any atom is -0.0735 e. The van der Waals surface area contributed by atoms with Crippen LogP contribution in [-0.4, -0.2) is 97.5 Å². The molecular formula is C20H60Ge2Si7. The maximum atomic E-state index is 2.27. The van der Waals surface area contributed by atoms with Crippen LogP contribution in [0.2, 0.25) is 131 Å². The van der Waals surface area contributed by atoms with Crippen molar-refractivity contribution in [2.45, 2.75) is 131 Å². The molecule has 176 valence electrons. The quantitative estimate of drug-likeness (QED) is 0.234. The fraction of sp³-hybridized carbons (Fsp3) is 1.00. The maximum Gasteiger partial charge on any atom is 0.0379 e. The van der Waals surface area contributed by atoms with Crippen LogP contribution in [0.1, 0.15) is 0 Å². The molecule has 0 bridgehead atoms. The van der Waals surface area contributed by atoms with E-state index in [1.807, 2.05) is 0 Å². The SMILES string of the molecule is C[Si](C)C.C[Si](C)C.C[Si](C)C.C[Si](C)C.C[Si](C)C.C[Si](C)C.C[Si]C.[Ge].[Ge]. The van der Waals surface area contributed by atoms with Crippen LogP contribution in [0, 0.1) is 0 Å². The standard InChI is InChI=1S/6C3H9Si.C2H6Si.2Ge/c6*1-4(2)3;1-3-2;;/h6*1-3H3;1-2H3;;. The topological polar surface area (TPSA) is 0 Å². The predicted molar refractivity (Wildman–Crippen MR) is 169 cm³/mol. The summed E-state index contributed by atoms with van der Waals surface area (Å²) in [7, 11) is 1.81. The fourth-order valence-corrected chi connectivity index (χ4v) is 0. The summed E-state index contributed by atoms with van der Waals surface area (Å²) in [6.07, 6.45) is 0. The first kappa shape index (κ1) is 57.9. The molecule has 9 heteroatoms. The van der Waals surface area contributed by atoms with Gasteiger partial charge < -0.3 is 0 Å². The first-order chi connectivity index (χ1) is 11.8. The summed E-state index contributed by atoms with van der Waals surface area (Å²) < 4.78 is 0. The molecule has 0 aliphatic rings. The van der Waals surface area contributed by atoms with Gasteiger partial charge in [-0.05, 0) is 0 Å². The molecule has 29 heavy (non-hydrogen) atoms.